The van der Waals surface area contributed by atoms with Crippen molar-refractivity contribution in [3.05, 3.63) is 71.8 Å². The first-order valence-corrected chi connectivity index (χ1v) is 14.2. The molecule has 4 rings (SSSR count). The zero-order valence-electron chi connectivity index (χ0n) is 23.4. The van der Waals surface area contributed by atoms with Crippen LogP contribution in [0.2, 0.25) is 0 Å². The van der Waals surface area contributed by atoms with E-state index >= 15 is 0 Å². The van der Waals surface area contributed by atoms with Crippen LogP contribution in [0, 0.1) is 11.8 Å². The average Bonchev–Trinajstić information content (AvgIpc) is 3.70. The molecule has 1 saturated heterocycles. The van der Waals surface area contributed by atoms with Crippen molar-refractivity contribution in [1.82, 2.24) is 21.3 Å². The first-order valence-electron chi connectivity index (χ1n) is 14.2. The van der Waals surface area contributed by atoms with E-state index in [-0.39, 0.29) is 30.7 Å². The molecule has 2 aliphatic rings. The summed E-state index contributed by atoms with van der Waals surface area (Å²) < 4.78 is 0. The van der Waals surface area contributed by atoms with E-state index in [0.717, 1.165) is 12.8 Å². The Bertz CT molecular complexity index is 1220. The van der Waals surface area contributed by atoms with Crippen molar-refractivity contribution in [2.75, 3.05) is 6.54 Å². The van der Waals surface area contributed by atoms with Crippen molar-refractivity contribution < 1.29 is 29.1 Å². The minimum atomic E-state index is -2.10. The van der Waals surface area contributed by atoms with E-state index in [1.54, 1.807) is 60.7 Å². The molecule has 0 bridgehead atoms. The summed E-state index contributed by atoms with van der Waals surface area (Å²) in [6, 6.07) is 14.4. The van der Waals surface area contributed by atoms with Crippen LogP contribution in [0.4, 0.5) is 0 Å². The lowest BCUT2D eigenvalue weighted by atomic mass is 9.85. The number of hydrogen-bond donors (Lipinski definition) is 5. The Hall–Kier alpha value is -4.05. The van der Waals surface area contributed by atoms with Crippen LogP contribution in [-0.2, 0) is 29.6 Å². The predicted molar refractivity (Wildman–Crippen MR) is 151 cm³/mol. The summed E-state index contributed by atoms with van der Waals surface area (Å²) in [5.41, 5.74) is -1.45. The molecule has 3 atom stereocenters. The second-order valence-corrected chi connectivity index (χ2v) is 11.3. The highest BCUT2D eigenvalue weighted by Crippen LogP contribution is 2.30. The average molecular weight is 563 g/mol. The van der Waals surface area contributed by atoms with E-state index in [0.29, 0.717) is 24.1 Å². The fourth-order valence-corrected chi connectivity index (χ4v) is 5.05. The number of rotatable bonds is 13. The summed E-state index contributed by atoms with van der Waals surface area (Å²) in [7, 11) is 0. The molecule has 1 heterocycles. The van der Waals surface area contributed by atoms with Gasteiger partial charge in [-0.15, -0.1) is 0 Å². The molecule has 2 aromatic carbocycles. The highest BCUT2D eigenvalue weighted by atomic mass is 16.3. The van der Waals surface area contributed by atoms with E-state index in [1.165, 1.54) is 0 Å². The molecule has 218 valence electrons. The zero-order chi connectivity index (χ0) is 29.6. The number of carbonyl (C=O) groups excluding carboxylic acids is 5. The van der Waals surface area contributed by atoms with Crippen LogP contribution < -0.4 is 21.3 Å². The molecule has 2 aromatic rings. The molecule has 41 heavy (non-hydrogen) atoms. The second kappa shape index (κ2) is 13.1. The van der Waals surface area contributed by atoms with Crippen LogP contribution >= 0.6 is 0 Å². The van der Waals surface area contributed by atoms with Gasteiger partial charge in [-0.1, -0.05) is 74.5 Å². The van der Waals surface area contributed by atoms with Crippen LogP contribution in [-0.4, -0.2) is 59.2 Å². The molecule has 1 aliphatic carbocycles. The lowest BCUT2D eigenvalue weighted by Crippen LogP contribution is -2.57. The van der Waals surface area contributed by atoms with Crippen molar-refractivity contribution in [2.24, 2.45) is 11.8 Å². The Morgan fingerprint density at radius 2 is 1.49 bits per heavy atom. The van der Waals surface area contributed by atoms with Crippen LogP contribution in [0.25, 0.3) is 0 Å². The first-order chi connectivity index (χ1) is 19.6. The van der Waals surface area contributed by atoms with E-state index in [9.17, 15) is 29.1 Å². The van der Waals surface area contributed by atoms with E-state index in [2.05, 4.69) is 21.3 Å². The lowest BCUT2D eigenvalue weighted by molar-refractivity contribution is -0.142. The second-order valence-electron chi connectivity index (χ2n) is 11.3. The van der Waals surface area contributed by atoms with Gasteiger partial charge in [-0.25, -0.2) is 0 Å². The molecule has 3 unspecified atom stereocenters. The van der Waals surface area contributed by atoms with Gasteiger partial charge >= 0.3 is 0 Å². The molecule has 10 nitrogen and oxygen atoms in total. The molecule has 10 heteroatoms. The molecule has 1 aliphatic heterocycles. The summed E-state index contributed by atoms with van der Waals surface area (Å²) in [5.74, 6) is -3.92. The Morgan fingerprint density at radius 1 is 0.902 bits per heavy atom. The van der Waals surface area contributed by atoms with Crippen LogP contribution in [0.1, 0.15) is 57.1 Å². The standard InChI is InChI=1S/C31H38N4O6/c1-19(2)17-25(35-30(40)31(41,21-9-5-3-6-10-21)22-11-7-4-8-12-22)28(38)34-24(18-20-15-16-32-27(20)37)26(36)29(39)33-23-13-14-23/h3-12,19-20,23-25,41H,13-18H2,1-2H3,(H,32,37)(H,33,39)(H,34,38)(H,35,40). The molecule has 4 amide bonds. The van der Waals surface area contributed by atoms with Crippen molar-refractivity contribution in [1.29, 1.82) is 0 Å². The number of hydrogen-bond acceptors (Lipinski definition) is 6. The minimum Gasteiger partial charge on any atom is -0.372 e. The van der Waals surface area contributed by atoms with Crippen LogP contribution in [0.15, 0.2) is 60.7 Å². The van der Waals surface area contributed by atoms with Gasteiger partial charge in [0.1, 0.15) is 6.04 Å². The molecule has 2 fully saturated rings. The third-order valence-corrected chi connectivity index (χ3v) is 7.49. The highest BCUT2D eigenvalue weighted by Gasteiger charge is 2.42. The van der Waals surface area contributed by atoms with Gasteiger partial charge in [0.2, 0.25) is 17.6 Å². The Morgan fingerprint density at radius 3 is 1.98 bits per heavy atom. The number of ketones is 1. The monoisotopic (exact) mass is 562 g/mol. The molecule has 0 radical (unpaired) electrons. The Balaban J connectivity index is 1.58. The smallest absolute Gasteiger partial charge is 0.289 e. The highest BCUT2D eigenvalue weighted by molar-refractivity contribution is 6.38. The number of carbonyl (C=O) groups is 5. The van der Waals surface area contributed by atoms with Gasteiger partial charge in [-0.3, -0.25) is 24.0 Å². The van der Waals surface area contributed by atoms with Gasteiger partial charge in [0.25, 0.3) is 11.8 Å². The maximum atomic E-state index is 13.8. The fourth-order valence-electron chi connectivity index (χ4n) is 5.05. The van der Waals surface area contributed by atoms with Crippen molar-refractivity contribution >= 4 is 29.4 Å². The Labute approximate surface area is 239 Å². The maximum Gasteiger partial charge on any atom is 0.289 e. The molecule has 0 spiro atoms. The summed E-state index contributed by atoms with van der Waals surface area (Å²) in [4.78, 5) is 65.5. The molecule has 5 N–H and O–H groups in total. The van der Waals surface area contributed by atoms with E-state index in [4.69, 9.17) is 0 Å². The van der Waals surface area contributed by atoms with Gasteiger partial charge in [0.15, 0.2) is 5.60 Å². The molecular weight excluding hydrogens is 524 g/mol. The number of Topliss-reactive ketones (excluding diaryl/α,β-unsaturated/α-hetero) is 1. The van der Waals surface area contributed by atoms with Crippen LogP contribution in [0.5, 0.6) is 0 Å². The Kier molecular flexibility index (Phi) is 9.54. The lowest BCUT2D eigenvalue weighted by Gasteiger charge is -2.31. The minimum absolute atomic E-state index is 0.0329. The summed E-state index contributed by atoms with van der Waals surface area (Å²) in [5, 5.41) is 22.6. The quantitative estimate of drug-likeness (QED) is 0.232. The largest absolute Gasteiger partial charge is 0.372 e. The summed E-state index contributed by atoms with van der Waals surface area (Å²) in [6.07, 6.45) is 2.23. The van der Waals surface area contributed by atoms with Gasteiger partial charge in [-0.05, 0) is 49.1 Å². The number of nitrogens with one attached hydrogen (secondary N) is 4. The van der Waals surface area contributed by atoms with Gasteiger partial charge < -0.3 is 26.4 Å². The third-order valence-electron chi connectivity index (χ3n) is 7.49. The van der Waals surface area contributed by atoms with Gasteiger partial charge in [0, 0.05) is 18.5 Å². The van der Waals surface area contributed by atoms with Crippen LogP contribution in [0.3, 0.4) is 0 Å². The van der Waals surface area contributed by atoms with Crippen molar-refractivity contribution in [3.63, 3.8) is 0 Å². The predicted octanol–water partition coefficient (Wildman–Crippen LogP) is 1.31. The van der Waals surface area contributed by atoms with E-state index < -0.39 is 47.1 Å². The van der Waals surface area contributed by atoms with Gasteiger partial charge in [-0.2, -0.15) is 0 Å². The molecule has 0 aromatic heterocycles. The van der Waals surface area contributed by atoms with Crippen molar-refractivity contribution in [3.8, 4) is 0 Å². The molecular formula is C31H38N4O6. The normalized spacial score (nSPS) is 18.2. The SMILES string of the molecule is CC(C)CC(NC(=O)C(O)(c1ccccc1)c1ccccc1)C(=O)NC(CC1CCNC1=O)C(=O)C(=O)NC1CC1. The maximum absolute atomic E-state index is 13.8. The summed E-state index contributed by atoms with van der Waals surface area (Å²) >= 11 is 0. The number of aliphatic hydroxyl groups is 1. The third kappa shape index (κ3) is 7.38. The zero-order valence-corrected chi connectivity index (χ0v) is 23.4. The summed E-state index contributed by atoms with van der Waals surface area (Å²) in [6.45, 7) is 4.21. The van der Waals surface area contributed by atoms with E-state index in [1.807, 2.05) is 13.8 Å². The first kappa shape index (κ1) is 29.9. The molecule has 1 saturated carbocycles. The topological polar surface area (TPSA) is 154 Å². The van der Waals surface area contributed by atoms with Gasteiger partial charge in [0.05, 0.1) is 6.04 Å². The fraction of sp³-hybridized carbons (Fsp3) is 0.452. The number of amides is 4. The number of benzene rings is 2. The van der Waals surface area contributed by atoms with Crippen molar-refractivity contribution in [2.45, 2.75) is 69.7 Å².